The Hall–Kier alpha value is -7.56. The predicted octanol–water partition coefficient (Wildman–Crippen LogP) is 21.1. The van der Waals surface area contributed by atoms with Gasteiger partial charge in [0.15, 0.2) is 0 Å². The molecule has 0 radical (unpaired) electrons. The van der Waals surface area contributed by atoms with Crippen LogP contribution in [0.25, 0.3) is 48.6 Å². The molecule has 0 fully saturated rings. The summed E-state index contributed by atoms with van der Waals surface area (Å²) in [7, 11) is 5.97. The molecule has 0 amide bonds. The zero-order valence-electron chi connectivity index (χ0n) is 60.9. The predicted molar refractivity (Wildman–Crippen MR) is 394 cm³/mol. The van der Waals surface area contributed by atoms with Crippen molar-refractivity contribution in [1.82, 2.24) is 53.4 Å². The van der Waals surface area contributed by atoms with Gasteiger partial charge in [-0.05, 0) is 82.6 Å². The molecule has 8 rings (SSSR count). The molecule has 0 bridgehead atoms. The fourth-order valence-electron chi connectivity index (χ4n) is 7.72. The van der Waals surface area contributed by atoms with Crippen LogP contribution in [-0.2, 0) is 64.5 Å². The monoisotopic (exact) mass is 1280 g/mol. The number of aryl methyl sites for hydroxylation is 2. The molecule has 14 nitrogen and oxygen atoms in total. The molecular formula is C75H113N11O3S2. The van der Waals surface area contributed by atoms with Crippen molar-refractivity contribution in [2.75, 3.05) is 0 Å². The number of oxazole rings is 2. The van der Waals surface area contributed by atoms with E-state index in [4.69, 9.17) is 13.4 Å². The average molecular weight is 1280 g/mol. The molecule has 0 aliphatic heterocycles. The first-order chi connectivity index (χ1) is 41.6. The van der Waals surface area contributed by atoms with Gasteiger partial charge in [-0.1, -0.05) is 224 Å². The molecule has 0 unspecified atom stereocenters. The first-order valence-electron chi connectivity index (χ1n) is 30.5. The standard InChI is InChI=1S/3C10H16N2.3C9H13NO.2C9H13NS/c1-6-9-11-8(7-12(9)5)10(2,3)4;1-6-9-11-7-8(12(9)5)10(2,3)4;1-6-8-7-9(10(2,3)4)12(5)11-8;1-5-8-10-7(6-11-8)9(2,3)4;1-5-8-10-6-7(11-8)9(2,3)4;1-5-8-7(6-11-10-8)9(2,3)4;1-5-8-10-7(6-11-8)9(2,3)4;1-5-8-7(6-11-10-8)9(2,3)4/h3*6-7H,1H2,2-5H3;5*5-6H,1H2,2-4H3. The number of hydrogen-bond acceptors (Lipinski definition) is 13. The lowest BCUT2D eigenvalue weighted by molar-refractivity contribution is 0.403. The van der Waals surface area contributed by atoms with Gasteiger partial charge in [0.25, 0.3) is 0 Å². The fraction of sp³-hybridized carbons (Fsp3) is 0.467. The summed E-state index contributed by atoms with van der Waals surface area (Å²) in [5, 5.41) is 13.3. The third-order valence-electron chi connectivity index (χ3n) is 13.3. The van der Waals surface area contributed by atoms with Crippen LogP contribution < -0.4 is 0 Å². The molecule has 0 saturated heterocycles. The summed E-state index contributed by atoms with van der Waals surface area (Å²) in [5.74, 6) is 3.94. The average Bonchev–Trinajstić information content (AvgIpc) is 2.39. The van der Waals surface area contributed by atoms with E-state index in [9.17, 15) is 0 Å². The topological polar surface area (TPSA) is 157 Å². The quantitative estimate of drug-likeness (QED) is 0.143. The molecule has 91 heavy (non-hydrogen) atoms. The summed E-state index contributed by atoms with van der Waals surface area (Å²) in [5.41, 5.74) is 11.9. The molecule has 16 heteroatoms. The lowest BCUT2D eigenvalue weighted by atomic mass is 9.87. The van der Waals surface area contributed by atoms with Gasteiger partial charge in [-0.15, -0.1) is 11.3 Å². The van der Waals surface area contributed by atoms with Crippen molar-refractivity contribution in [2.24, 2.45) is 21.1 Å². The molecule has 498 valence electrons. The Morgan fingerprint density at radius 3 is 1.29 bits per heavy atom. The van der Waals surface area contributed by atoms with Gasteiger partial charge in [-0.3, -0.25) is 4.68 Å². The van der Waals surface area contributed by atoms with E-state index in [1.54, 1.807) is 72.6 Å². The summed E-state index contributed by atoms with van der Waals surface area (Å²) < 4.78 is 25.5. The van der Waals surface area contributed by atoms with Crippen molar-refractivity contribution < 1.29 is 13.4 Å². The van der Waals surface area contributed by atoms with Crippen LogP contribution in [-0.4, -0.2) is 53.4 Å². The molecule has 8 heterocycles. The second-order valence-corrected chi connectivity index (χ2v) is 31.3. The van der Waals surface area contributed by atoms with E-state index >= 15 is 0 Å². The van der Waals surface area contributed by atoms with Crippen molar-refractivity contribution in [2.45, 2.75) is 209 Å². The molecule has 8 aromatic heterocycles. The molecule has 0 aliphatic carbocycles. The van der Waals surface area contributed by atoms with E-state index in [0.29, 0.717) is 11.8 Å². The SMILES string of the molecule is C=Cc1cc(C(C)(C)C)n(C)n1.C=Cc1nc(C(C)(C)C)cn1C.C=Cc1nc(C(C)(C)C)co1.C=Cc1nc(C(C)(C)C)cs1.C=Cc1ncc(C(C)(C)C)n1C.C=Cc1ncc(C(C)(C)C)o1.C=Cc1nocc1C(C)(C)C.C=Cc1nscc1C(C)(C)C. The van der Waals surface area contributed by atoms with Gasteiger partial charge in [0, 0.05) is 93.7 Å². The Bertz CT molecular complexity index is 3350. The number of rotatable bonds is 8. The Morgan fingerprint density at radius 1 is 0.462 bits per heavy atom. The molecule has 0 saturated carbocycles. The number of nitrogens with zero attached hydrogens (tertiary/aromatic N) is 11. The molecule has 0 aliphatic rings. The molecule has 0 aromatic carbocycles. The van der Waals surface area contributed by atoms with Crippen LogP contribution in [0.5, 0.6) is 0 Å². The van der Waals surface area contributed by atoms with E-state index in [0.717, 1.165) is 62.1 Å². The Morgan fingerprint density at radius 2 is 1.00 bits per heavy atom. The summed E-state index contributed by atoms with van der Waals surface area (Å²) in [6, 6.07) is 2.08. The van der Waals surface area contributed by atoms with Crippen LogP contribution in [0.4, 0.5) is 0 Å². The minimum Gasteiger partial charge on any atom is -0.445 e. The maximum absolute atomic E-state index is 5.37. The third kappa shape index (κ3) is 27.0. The van der Waals surface area contributed by atoms with Crippen LogP contribution >= 0.6 is 22.9 Å². The van der Waals surface area contributed by atoms with Gasteiger partial charge in [0.05, 0.1) is 34.7 Å². The Labute approximate surface area is 557 Å². The maximum Gasteiger partial charge on any atom is 0.218 e. The summed E-state index contributed by atoms with van der Waals surface area (Å²) in [6.45, 7) is 80.7. The minimum atomic E-state index is 0.0360. The van der Waals surface area contributed by atoms with Gasteiger partial charge in [-0.2, -0.15) is 9.47 Å². The number of imidazole rings is 2. The van der Waals surface area contributed by atoms with Gasteiger partial charge < -0.3 is 22.5 Å². The Balaban J connectivity index is 0.000000520. The highest BCUT2D eigenvalue weighted by Crippen LogP contribution is 2.30. The molecule has 0 N–H and O–H groups in total. The number of aromatic nitrogens is 11. The van der Waals surface area contributed by atoms with Gasteiger partial charge >= 0.3 is 0 Å². The highest BCUT2D eigenvalue weighted by atomic mass is 32.1. The van der Waals surface area contributed by atoms with Crippen LogP contribution in [0.1, 0.15) is 257 Å². The van der Waals surface area contributed by atoms with Crippen molar-refractivity contribution in [3.63, 3.8) is 0 Å². The Kier molecular flexibility index (Phi) is 30.6. The summed E-state index contributed by atoms with van der Waals surface area (Å²) >= 11 is 3.14. The number of hydrogen-bond donors (Lipinski definition) is 0. The largest absolute Gasteiger partial charge is 0.445 e. The molecule has 0 spiro atoms. The second kappa shape index (κ2) is 34.2. The zero-order chi connectivity index (χ0) is 70.5. The lowest BCUT2D eigenvalue weighted by Gasteiger charge is -2.18. The summed E-state index contributed by atoms with van der Waals surface area (Å²) in [4.78, 5) is 21.3. The van der Waals surface area contributed by atoms with Crippen LogP contribution in [0.3, 0.4) is 0 Å². The first-order valence-corrected chi connectivity index (χ1v) is 32.2. The van der Waals surface area contributed by atoms with E-state index in [1.165, 1.54) is 28.5 Å². The van der Waals surface area contributed by atoms with Crippen LogP contribution in [0.2, 0.25) is 0 Å². The van der Waals surface area contributed by atoms with E-state index in [1.807, 2.05) is 42.7 Å². The van der Waals surface area contributed by atoms with Crippen LogP contribution in [0.15, 0.2) is 114 Å². The molecule has 8 aromatic rings. The highest BCUT2D eigenvalue weighted by Gasteiger charge is 2.24. The van der Waals surface area contributed by atoms with E-state index in [-0.39, 0.29) is 43.3 Å². The first kappa shape index (κ1) is 81.5. The smallest absolute Gasteiger partial charge is 0.218 e. The second-order valence-electron chi connectivity index (χ2n) is 29.8. The van der Waals surface area contributed by atoms with E-state index < -0.39 is 0 Å². The normalized spacial score (nSPS) is 11.6. The van der Waals surface area contributed by atoms with Crippen molar-refractivity contribution in [3.8, 4) is 0 Å². The van der Waals surface area contributed by atoms with Crippen LogP contribution in [0, 0.1) is 0 Å². The third-order valence-corrected chi connectivity index (χ3v) is 14.8. The van der Waals surface area contributed by atoms with E-state index in [2.05, 4.69) is 286 Å². The van der Waals surface area contributed by atoms with Crippen molar-refractivity contribution in [1.29, 1.82) is 0 Å². The minimum absolute atomic E-state index is 0.0360. The molecule has 0 atom stereocenters. The molecular weight excluding hydrogens is 1170 g/mol. The van der Waals surface area contributed by atoms with Gasteiger partial charge in [0.2, 0.25) is 11.8 Å². The van der Waals surface area contributed by atoms with Gasteiger partial charge in [-0.25, -0.2) is 24.9 Å². The lowest BCUT2D eigenvalue weighted by Crippen LogP contribution is -2.16. The van der Waals surface area contributed by atoms with Gasteiger partial charge in [0.1, 0.15) is 40.6 Å². The summed E-state index contributed by atoms with van der Waals surface area (Å²) in [6.07, 6.45) is 22.9. The van der Waals surface area contributed by atoms with Crippen molar-refractivity contribution in [3.05, 3.63) is 191 Å². The maximum atomic E-state index is 5.37. The number of thiazole rings is 1. The fourth-order valence-corrected chi connectivity index (χ4v) is 9.53. The van der Waals surface area contributed by atoms with Crippen molar-refractivity contribution >= 4 is 71.5 Å². The zero-order valence-corrected chi connectivity index (χ0v) is 62.5. The highest BCUT2D eigenvalue weighted by molar-refractivity contribution is 7.10.